The highest BCUT2D eigenvalue weighted by atomic mass is 16.1. The van der Waals surface area contributed by atoms with E-state index in [0.29, 0.717) is 6.42 Å². The molecule has 23 heavy (non-hydrogen) atoms. The van der Waals surface area contributed by atoms with Gasteiger partial charge in [-0.25, -0.2) is 0 Å². The molecule has 114 valence electrons. The van der Waals surface area contributed by atoms with Gasteiger partial charge in [0.25, 0.3) is 0 Å². The Morgan fingerprint density at radius 1 is 1.04 bits per heavy atom. The summed E-state index contributed by atoms with van der Waals surface area (Å²) in [7, 11) is 0. The number of anilines is 1. The highest BCUT2D eigenvalue weighted by molar-refractivity contribution is 5.95. The van der Waals surface area contributed by atoms with E-state index in [2.05, 4.69) is 22.4 Å². The van der Waals surface area contributed by atoms with Gasteiger partial charge in [0.2, 0.25) is 5.91 Å². The van der Waals surface area contributed by atoms with E-state index >= 15 is 0 Å². The van der Waals surface area contributed by atoms with Crippen molar-refractivity contribution < 1.29 is 4.79 Å². The third-order valence-corrected chi connectivity index (χ3v) is 4.45. The van der Waals surface area contributed by atoms with Gasteiger partial charge < -0.3 is 5.32 Å². The number of fused-ring (bicyclic) bond motifs is 2. The van der Waals surface area contributed by atoms with Crippen molar-refractivity contribution in [2.45, 2.75) is 25.7 Å². The number of para-hydroxylation sites is 1. The highest BCUT2D eigenvalue weighted by Gasteiger charge is 2.12. The van der Waals surface area contributed by atoms with Crippen LogP contribution in [-0.2, 0) is 24.1 Å². The summed E-state index contributed by atoms with van der Waals surface area (Å²) in [4.78, 5) is 16.8. The zero-order chi connectivity index (χ0) is 15.6. The molecule has 3 nitrogen and oxygen atoms in total. The summed E-state index contributed by atoms with van der Waals surface area (Å²) in [6.45, 7) is 0. The molecule has 4 rings (SSSR count). The molecule has 1 aromatic heterocycles. The van der Waals surface area contributed by atoms with E-state index in [1.54, 1.807) is 6.20 Å². The average Bonchev–Trinajstić information content (AvgIpc) is 3.03. The molecule has 0 unspecified atom stereocenters. The zero-order valence-electron chi connectivity index (χ0n) is 12.9. The quantitative estimate of drug-likeness (QED) is 0.797. The summed E-state index contributed by atoms with van der Waals surface area (Å²) in [6.07, 6.45) is 5.60. The minimum absolute atomic E-state index is 0.00102. The van der Waals surface area contributed by atoms with Crippen molar-refractivity contribution >= 4 is 22.5 Å². The van der Waals surface area contributed by atoms with Crippen molar-refractivity contribution in [1.82, 2.24) is 4.98 Å². The van der Waals surface area contributed by atoms with E-state index in [1.165, 1.54) is 17.5 Å². The van der Waals surface area contributed by atoms with Gasteiger partial charge in [-0.15, -0.1) is 0 Å². The largest absolute Gasteiger partial charge is 0.326 e. The van der Waals surface area contributed by atoms with Crippen LogP contribution >= 0.6 is 0 Å². The van der Waals surface area contributed by atoms with Crippen LogP contribution in [0.15, 0.2) is 54.7 Å². The molecule has 1 aliphatic rings. The van der Waals surface area contributed by atoms with Gasteiger partial charge in [-0.3, -0.25) is 9.78 Å². The highest BCUT2D eigenvalue weighted by Crippen LogP contribution is 2.25. The number of amides is 1. The maximum atomic E-state index is 12.4. The molecule has 0 atom stereocenters. The Labute approximate surface area is 135 Å². The van der Waals surface area contributed by atoms with Gasteiger partial charge >= 0.3 is 0 Å². The third-order valence-electron chi connectivity index (χ3n) is 4.45. The Bertz CT molecular complexity index is 880. The van der Waals surface area contributed by atoms with Gasteiger partial charge in [0.15, 0.2) is 0 Å². The lowest BCUT2D eigenvalue weighted by Gasteiger charge is -2.09. The number of aromatic nitrogens is 1. The van der Waals surface area contributed by atoms with Gasteiger partial charge in [-0.05, 0) is 54.2 Å². The topological polar surface area (TPSA) is 42.0 Å². The number of carbonyl (C=O) groups excluding carboxylic acids is 1. The van der Waals surface area contributed by atoms with Crippen LogP contribution in [0.3, 0.4) is 0 Å². The van der Waals surface area contributed by atoms with Gasteiger partial charge in [0, 0.05) is 17.3 Å². The molecular formula is C20H18N2O. The van der Waals surface area contributed by atoms with Crippen molar-refractivity contribution in [1.29, 1.82) is 0 Å². The van der Waals surface area contributed by atoms with E-state index < -0.39 is 0 Å². The van der Waals surface area contributed by atoms with E-state index in [1.807, 2.05) is 36.4 Å². The molecular weight excluding hydrogens is 284 g/mol. The number of hydrogen-bond acceptors (Lipinski definition) is 2. The SMILES string of the molecule is O=C(Cc1cccc2cccnc12)Nc1ccc2c(c1)CCC2. The molecule has 3 heteroatoms. The van der Waals surface area contributed by atoms with Crippen LogP contribution in [0.1, 0.15) is 23.1 Å². The first kappa shape index (κ1) is 13.9. The van der Waals surface area contributed by atoms with Crippen LogP contribution in [0.25, 0.3) is 10.9 Å². The zero-order valence-corrected chi connectivity index (χ0v) is 12.9. The van der Waals surface area contributed by atoms with E-state index in [-0.39, 0.29) is 5.91 Å². The predicted molar refractivity (Wildman–Crippen MR) is 92.5 cm³/mol. The molecule has 2 aromatic carbocycles. The number of aryl methyl sites for hydroxylation is 2. The Morgan fingerprint density at radius 3 is 2.87 bits per heavy atom. The van der Waals surface area contributed by atoms with Crippen LogP contribution in [0.2, 0.25) is 0 Å². The summed E-state index contributed by atoms with van der Waals surface area (Å²) >= 11 is 0. The maximum Gasteiger partial charge on any atom is 0.228 e. The van der Waals surface area contributed by atoms with Gasteiger partial charge in [-0.2, -0.15) is 0 Å². The molecule has 1 aliphatic carbocycles. The Morgan fingerprint density at radius 2 is 1.91 bits per heavy atom. The fourth-order valence-corrected chi connectivity index (χ4v) is 3.34. The number of nitrogens with one attached hydrogen (secondary N) is 1. The fraction of sp³-hybridized carbons (Fsp3) is 0.200. The molecule has 1 amide bonds. The lowest BCUT2D eigenvalue weighted by Crippen LogP contribution is -2.15. The summed E-state index contributed by atoms with van der Waals surface area (Å²) in [5.41, 5.74) is 5.54. The van der Waals surface area contributed by atoms with Gasteiger partial charge in [0.1, 0.15) is 0 Å². The predicted octanol–water partition coefficient (Wildman–Crippen LogP) is 3.90. The first-order chi connectivity index (χ1) is 11.3. The second kappa shape index (κ2) is 5.84. The number of carbonyl (C=O) groups is 1. The molecule has 0 aliphatic heterocycles. The first-order valence-corrected chi connectivity index (χ1v) is 8.04. The smallest absolute Gasteiger partial charge is 0.228 e. The lowest BCUT2D eigenvalue weighted by atomic mass is 10.1. The standard InChI is InChI=1S/C20H18N2O/c23-19(22-18-10-9-14-4-1-6-16(14)12-18)13-17-7-2-5-15-8-3-11-21-20(15)17/h2-3,5,7-12H,1,4,6,13H2,(H,22,23). The van der Waals surface area contributed by atoms with Gasteiger partial charge in [-0.1, -0.05) is 30.3 Å². The first-order valence-electron chi connectivity index (χ1n) is 8.04. The number of hydrogen-bond donors (Lipinski definition) is 1. The van der Waals surface area contributed by atoms with Crippen LogP contribution in [0.4, 0.5) is 5.69 Å². The van der Waals surface area contributed by atoms with E-state index in [0.717, 1.165) is 35.0 Å². The van der Waals surface area contributed by atoms with Crippen LogP contribution < -0.4 is 5.32 Å². The molecule has 0 fully saturated rings. The minimum Gasteiger partial charge on any atom is -0.326 e. The van der Waals surface area contributed by atoms with Crippen LogP contribution in [-0.4, -0.2) is 10.9 Å². The molecule has 0 radical (unpaired) electrons. The number of pyridine rings is 1. The van der Waals surface area contributed by atoms with Crippen LogP contribution in [0, 0.1) is 0 Å². The summed E-state index contributed by atoms with van der Waals surface area (Å²) < 4.78 is 0. The molecule has 1 N–H and O–H groups in total. The van der Waals surface area contributed by atoms with Crippen molar-refractivity contribution in [3.8, 4) is 0 Å². The van der Waals surface area contributed by atoms with Crippen molar-refractivity contribution in [3.63, 3.8) is 0 Å². The van der Waals surface area contributed by atoms with Gasteiger partial charge in [0.05, 0.1) is 11.9 Å². The van der Waals surface area contributed by atoms with E-state index in [4.69, 9.17) is 0 Å². The second-order valence-electron chi connectivity index (χ2n) is 6.05. The van der Waals surface area contributed by atoms with Crippen molar-refractivity contribution in [2.24, 2.45) is 0 Å². The van der Waals surface area contributed by atoms with E-state index in [9.17, 15) is 4.79 Å². The normalized spacial score (nSPS) is 13.0. The van der Waals surface area contributed by atoms with Crippen molar-refractivity contribution in [2.75, 3.05) is 5.32 Å². The number of rotatable bonds is 3. The average molecular weight is 302 g/mol. The molecule has 0 saturated carbocycles. The summed E-state index contributed by atoms with van der Waals surface area (Å²) in [5.74, 6) is 0.00102. The number of benzene rings is 2. The molecule has 0 spiro atoms. The summed E-state index contributed by atoms with van der Waals surface area (Å²) in [6, 6.07) is 16.1. The number of nitrogens with zero attached hydrogens (tertiary/aromatic N) is 1. The lowest BCUT2D eigenvalue weighted by molar-refractivity contribution is -0.115. The minimum atomic E-state index is 0.00102. The molecule has 0 saturated heterocycles. The molecule has 0 bridgehead atoms. The molecule has 1 heterocycles. The Balaban J connectivity index is 1.53. The maximum absolute atomic E-state index is 12.4. The molecule has 3 aromatic rings. The summed E-state index contributed by atoms with van der Waals surface area (Å²) in [5, 5.41) is 4.08. The van der Waals surface area contributed by atoms with Crippen molar-refractivity contribution in [3.05, 3.63) is 71.4 Å². The third kappa shape index (κ3) is 2.82. The second-order valence-corrected chi connectivity index (χ2v) is 6.05. The fourth-order valence-electron chi connectivity index (χ4n) is 3.34. The Hall–Kier alpha value is -2.68. The van der Waals surface area contributed by atoms with Crippen LogP contribution in [0.5, 0.6) is 0 Å². The Kier molecular flexibility index (Phi) is 3.54. The monoisotopic (exact) mass is 302 g/mol.